The summed E-state index contributed by atoms with van der Waals surface area (Å²) in [7, 11) is -3.54. The third-order valence-corrected chi connectivity index (χ3v) is 7.66. The third kappa shape index (κ3) is 4.43. The van der Waals surface area contributed by atoms with E-state index in [0.29, 0.717) is 35.4 Å². The Hall–Kier alpha value is -2.62. The van der Waals surface area contributed by atoms with Crippen molar-refractivity contribution >= 4 is 32.4 Å². The summed E-state index contributed by atoms with van der Waals surface area (Å²) in [6.07, 6.45) is 3.60. The standard InChI is InChI=1S/C21H22N4O3S2/c1-15-5-4-12-25(13-15)30(27,28)17-9-7-16(8-10-17)20(26)24-21-23-19(14-29-21)18-6-2-3-11-22-18/h2-3,6-11,14-15H,4-5,12-13H2,1H3,(H,23,24,26)/t15-/m0/s1. The van der Waals surface area contributed by atoms with Crippen molar-refractivity contribution in [1.82, 2.24) is 14.3 Å². The summed E-state index contributed by atoms with van der Waals surface area (Å²) in [5, 5.41) is 5.04. The Morgan fingerprint density at radius 2 is 1.97 bits per heavy atom. The molecule has 1 fully saturated rings. The highest BCUT2D eigenvalue weighted by Gasteiger charge is 2.28. The fourth-order valence-corrected chi connectivity index (χ4v) is 5.72. The Morgan fingerprint density at radius 1 is 1.17 bits per heavy atom. The second kappa shape index (κ2) is 8.63. The lowest BCUT2D eigenvalue weighted by molar-refractivity contribution is 0.102. The van der Waals surface area contributed by atoms with Crippen LogP contribution in [-0.2, 0) is 10.0 Å². The number of benzene rings is 1. The summed E-state index contributed by atoms with van der Waals surface area (Å²) in [6.45, 7) is 3.14. The number of piperidine rings is 1. The molecule has 0 aliphatic carbocycles. The first-order valence-electron chi connectivity index (χ1n) is 9.72. The van der Waals surface area contributed by atoms with Gasteiger partial charge in [-0.3, -0.25) is 15.1 Å². The number of carbonyl (C=O) groups excluding carboxylic acids is 1. The lowest BCUT2D eigenvalue weighted by Gasteiger charge is -2.30. The Labute approximate surface area is 179 Å². The maximum atomic E-state index is 12.9. The zero-order valence-electron chi connectivity index (χ0n) is 16.5. The van der Waals surface area contributed by atoms with Gasteiger partial charge in [-0.1, -0.05) is 13.0 Å². The molecule has 0 bridgehead atoms. The third-order valence-electron chi connectivity index (χ3n) is 5.03. The fourth-order valence-electron chi connectivity index (χ4n) is 3.42. The molecule has 4 rings (SSSR count). The maximum Gasteiger partial charge on any atom is 0.257 e. The van der Waals surface area contributed by atoms with Crippen LogP contribution >= 0.6 is 11.3 Å². The Kier molecular flexibility index (Phi) is 5.94. The second-order valence-electron chi connectivity index (χ2n) is 7.34. The predicted molar refractivity (Wildman–Crippen MR) is 117 cm³/mol. The fraction of sp³-hybridized carbons (Fsp3) is 0.286. The van der Waals surface area contributed by atoms with Gasteiger partial charge in [0, 0.05) is 30.2 Å². The van der Waals surface area contributed by atoms with Crippen LogP contribution in [0.4, 0.5) is 5.13 Å². The summed E-state index contributed by atoms with van der Waals surface area (Å²) in [5.41, 5.74) is 1.79. The van der Waals surface area contributed by atoms with Gasteiger partial charge in [-0.15, -0.1) is 11.3 Å². The number of sulfonamides is 1. The zero-order valence-corrected chi connectivity index (χ0v) is 18.1. The first-order valence-corrected chi connectivity index (χ1v) is 12.0. The van der Waals surface area contributed by atoms with Crippen molar-refractivity contribution in [2.45, 2.75) is 24.7 Å². The Balaban J connectivity index is 1.45. The van der Waals surface area contributed by atoms with Crippen molar-refractivity contribution in [3.05, 3.63) is 59.6 Å². The van der Waals surface area contributed by atoms with E-state index in [1.54, 1.807) is 6.20 Å². The van der Waals surface area contributed by atoms with Gasteiger partial charge >= 0.3 is 0 Å². The molecule has 9 heteroatoms. The molecule has 3 aromatic rings. The van der Waals surface area contributed by atoms with Gasteiger partial charge in [-0.25, -0.2) is 13.4 Å². The second-order valence-corrected chi connectivity index (χ2v) is 10.1. The molecule has 1 N–H and O–H groups in total. The largest absolute Gasteiger partial charge is 0.298 e. The normalized spacial score (nSPS) is 17.6. The van der Waals surface area contributed by atoms with E-state index in [2.05, 4.69) is 22.2 Å². The Bertz CT molecular complexity index is 1130. The number of hydrogen-bond donors (Lipinski definition) is 1. The Morgan fingerprint density at radius 3 is 2.67 bits per heavy atom. The molecule has 30 heavy (non-hydrogen) atoms. The highest BCUT2D eigenvalue weighted by molar-refractivity contribution is 7.89. The maximum absolute atomic E-state index is 12.9. The van der Waals surface area contributed by atoms with E-state index in [1.165, 1.54) is 39.9 Å². The summed E-state index contributed by atoms with van der Waals surface area (Å²) in [5.74, 6) is 0.0142. The predicted octanol–water partition coefficient (Wildman–Crippen LogP) is 3.88. The van der Waals surface area contributed by atoms with E-state index < -0.39 is 10.0 Å². The lowest BCUT2D eigenvalue weighted by atomic mass is 10.0. The van der Waals surface area contributed by atoms with Crippen LogP contribution in [0, 0.1) is 5.92 Å². The molecule has 1 aromatic carbocycles. The van der Waals surface area contributed by atoms with E-state index in [0.717, 1.165) is 18.5 Å². The van der Waals surface area contributed by atoms with Gasteiger partial charge in [0.1, 0.15) is 5.69 Å². The highest BCUT2D eigenvalue weighted by Crippen LogP contribution is 2.25. The summed E-state index contributed by atoms with van der Waals surface area (Å²) >= 11 is 1.31. The van der Waals surface area contributed by atoms with E-state index >= 15 is 0 Å². The number of anilines is 1. The number of carbonyl (C=O) groups is 1. The van der Waals surface area contributed by atoms with Gasteiger partial charge in [-0.2, -0.15) is 4.31 Å². The summed E-state index contributed by atoms with van der Waals surface area (Å²) in [4.78, 5) is 21.4. The first kappa shape index (κ1) is 20.6. The van der Waals surface area contributed by atoms with Crippen molar-refractivity contribution in [3.8, 4) is 11.4 Å². The van der Waals surface area contributed by atoms with Gasteiger partial charge in [-0.05, 0) is 55.2 Å². The summed E-state index contributed by atoms with van der Waals surface area (Å²) in [6, 6.07) is 11.6. The van der Waals surface area contributed by atoms with Crippen LogP contribution in [0.25, 0.3) is 11.4 Å². The van der Waals surface area contributed by atoms with Crippen molar-refractivity contribution in [1.29, 1.82) is 0 Å². The van der Waals surface area contributed by atoms with Crippen LogP contribution in [0.3, 0.4) is 0 Å². The van der Waals surface area contributed by atoms with E-state index in [4.69, 9.17) is 0 Å². The van der Waals surface area contributed by atoms with Crippen LogP contribution in [0.5, 0.6) is 0 Å². The van der Waals surface area contributed by atoms with Crippen LogP contribution in [0.1, 0.15) is 30.1 Å². The number of rotatable bonds is 5. The molecular formula is C21H22N4O3S2. The zero-order chi connectivity index (χ0) is 21.1. The van der Waals surface area contributed by atoms with Gasteiger partial charge in [0.05, 0.1) is 10.6 Å². The number of pyridine rings is 1. The number of hydrogen-bond acceptors (Lipinski definition) is 6. The van der Waals surface area contributed by atoms with Crippen LogP contribution in [-0.4, -0.2) is 41.7 Å². The molecule has 0 spiro atoms. The molecule has 1 amide bonds. The molecule has 0 unspecified atom stereocenters. The van der Waals surface area contributed by atoms with Crippen molar-refractivity contribution in [2.24, 2.45) is 5.92 Å². The number of thiazole rings is 1. The monoisotopic (exact) mass is 442 g/mol. The van der Waals surface area contributed by atoms with E-state index in [1.807, 2.05) is 23.6 Å². The first-order chi connectivity index (χ1) is 14.4. The van der Waals surface area contributed by atoms with Gasteiger partial charge < -0.3 is 0 Å². The lowest BCUT2D eigenvalue weighted by Crippen LogP contribution is -2.39. The molecule has 156 valence electrons. The molecule has 1 saturated heterocycles. The topological polar surface area (TPSA) is 92.3 Å². The molecule has 1 aliphatic rings. The molecule has 0 saturated carbocycles. The minimum absolute atomic E-state index is 0.208. The quantitative estimate of drug-likeness (QED) is 0.647. The van der Waals surface area contributed by atoms with Crippen LogP contribution < -0.4 is 5.32 Å². The SMILES string of the molecule is C[C@H]1CCCN(S(=O)(=O)c2ccc(C(=O)Nc3nc(-c4ccccn4)cs3)cc2)C1. The number of nitrogens with one attached hydrogen (secondary N) is 1. The molecular weight excluding hydrogens is 420 g/mol. The minimum Gasteiger partial charge on any atom is -0.298 e. The van der Waals surface area contributed by atoms with E-state index in [9.17, 15) is 13.2 Å². The average molecular weight is 443 g/mol. The molecule has 7 nitrogen and oxygen atoms in total. The minimum atomic E-state index is -3.54. The number of amides is 1. The molecule has 3 heterocycles. The van der Waals surface area contributed by atoms with Gasteiger partial charge in [0.25, 0.3) is 5.91 Å². The van der Waals surface area contributed by atoms with E-state index in [-0.39, 0.29) is 10.8 Å². The summed E-state index contributed by atoms with van der Waals surface area (Å²) < 4.78 is 27.2. The van der Waals surface area contributed by atoms with Gasteiger partial charge in [0.15, 0.2) is 5.13 Å². The highest BCUT2D eigenvalue weighted by atomic mass is 32.2. The number of nitrogens with zero attached hydrogens (tertiary/aromatic N) is 3. The molecule has 0 radical (unpaired) electrons. The molecule has 2 aromatic heterocycles. The van der Waals surface area contributed by atoms with Crippen molar-refractivity contribution < 1.29 is 13.2 Å². The molecule has 1 atom stereocenters. The number of aromatic nitrogens is 2. The van der Waals surface area contributed by atoms with Crippen LogP contribution in [0.15, 0.2) is 58.9 Å². The van der Waals surface area contributed by atoms with Gasteiger partial charge in [0.2, 0.25) is 10.0 Å². The average Bonchev–Trinajstić information content (AvgIpc) is 3.23. The molecule has 1 aliphatic heterocycles. The van der Waals surface area contributed by atoms with Crippen molar-refractivity contribution in [2.75, 3.05) is 18.4 Å². The smallest absolute Gasteiger partial charge is 0.257 e. The van der Waals surface area contributed by atoms with Crippen LogP contribution in [0.2, 0.25) is 0 Å². The van der Waals surface area contributed by atoms with Crippen molar-refractivity contribution in [3.63, 3.8) is 0 Å².